The summed E-state index contributed by atoms with van der Waals surface area (Å²) in [7, 11) is -1.98. The minimum atomic E-state index is -3.59. The van der Waals surface area contributed by atoms with Crippen molar-refractivity contribution >= 4 is 10.0 Å². The number of methoxy groups -OCH3 is 1. The van der Waals surface area contributed by atoms with Crippen molar-refractivity contribution in [1.82, 2.24) is 14.9 Å². The molecule has 0 unspecified atom stereocenters. The molecule has 152 valence electrons. The molecular formula is C21H23N3O4S. The van der Waals surface area contributed by atoms with Crippen LogP contribution in [0.4, 0.5) is 0 Å². The van der Waals surface area contributed by atoms with Crippen molar-refractivity contribution < 1.29 is 17.9 Å². The molecule has 3 rings (SSSR count). The number of hydrogen-bond acceptors (Lipinski definition) is 6. The molecule has 0 spiro atoms. The Bertz CT molecular complexity index is 1070. The summed E-state index contributed by atoms with van der Waals surface area (Å²) in [5, 5.41) is 8.18. The van der Waals surface area contributed by atoms with Gasteiger partial charge in [0.2, 0.25) is 15.9 Å². The van der Waals surface area contributed by atoms with Gasteiger partial charge in [-0.2, -0.15) is 0 Å². The number of sulfonamides is 1. The van der Waals surface area contributed by atoms with Crippen LogP contribution in [-0.2, 0) is 10.0 Å². The fourth-order valence-electron chi connectivity index (χ4n) is 2.72. The third-order valence-corrected chi connectivity index (χ3v) is 5.91. The van der Waals surface area contributed by atoms with Crippen LogP contribution in [0.3, 0.4) is 0 Å². The van der Waals surface area contributed by atoms with Crippen molar-refractivity contribution in [2.24, 2.45) is 0 Å². The van der Waals surface area contributed by atoms with Crippen LogP contribution >= 0.6 is 0 Å². The predicted octanol–water partition coefficient (Wildman–Crippen LogP) is 3.13. The second-order valence-corrected chi connectivity index (χ2v) is 8.24. The van der Waals surface area contributed by atoms with Crippen LogP contribution in [0, 0.1) is 13.8 Å². The normalized spacial score (nSPS) is 11.3. The molecule has 0 saturated heterocycles. The van der Waals surface area contributed by atoms with Gasteiger partial charge in [0.1, 0.15) is 12.4 Å². The highest BCUT2D eigenvalue weighted by molar-refractivity contribution is 7.89. The highest BCUT2D eigenvalue weighted by Crippen LogP contribution is 2.21. The molecule has 8 heteroatoms. The molecule has 0 saturated carbocycles. The van der Waals surface area contributed by atoms with Crippen molar-refractivity contribution in [3.8, 4) is 22.9 Å². The lowest BCUT2D eigenvalue weighted by Gasteiger charge is -2.10. The first-order chi connectivity index (χ1) is 13.9. The number of benzene rings is 2. The first kappa shape index (κ1) is 20.8. The first-order valence-corrected chi connectivity index (χ1v) is 10.6. The molecular weight excluding hydrogens is 390 g/mol. The van der Waals surface area contributed by atoms with E-state index in [0.717, 1.165) is 16.9 Å². The van der Waals surface area contributed by atoms with E-state index in [1.165, 1.54) is 0 Å². The molecule has 1 aromatic heterocycles. The van der Waals surface area contributed by atoms with E-state index in [-0.39, 0.29) is 18.0 Å². The summed E-state index contributed by atoms with van der Waals surface area (Å²) in [6, 6.07) is 16.3. The lowest BCUT2D eigenvalue weighted by atomic mass is 10.1. The SMILES string of the molecule is COc1ccc(-c2ccc(OCCNS(=O)(=O)c3cc(C)ccc3C)nn2)cc1. The Hall–Kier alpha value is -2.97. The molecule has 0 bridgehead atoms. The minimum Gasteiger partial charge on any atom is -0.497 e. The number of nitrogens with zero attached hydrogens (tertiary/aromatic N) is 2. The van der Waals surface area contributed by atoms with Gasteiger partial charge in [-0.05, 0) is 61.4 Å². The Morgan fingerprint density at radius 1 is 0.966 bits per heavy atom. The Labute approximate surface area is 170 Å². The Balaban J connectivity index is 1.54. The summed E-state index contributed by atoms with van der Waals surface area (Å²) in [5.41, 5.74) is 3.20. The monoisotopic (exact) mass is 413 g/mol. The molecule has 0 fully saturated rings. The highest BCUT2D eigenvalue weighted by Gasteiger charge is 2.16. The maximum atomic E-state index is 12.5. The molecule has 29 heavy (non-hydrogen) atoms. The van der Waals surface area contributed by atoms with E-state index in [1.54, 1.807) is 38.3 Å². The van der Waals surface area contributed by atoms with Crippen LogP contribution < -0.4 is 14.2 Å². The summed E-state index contributed by atoms with van der Waals surface area (Å²) in [6.45, 7) is 3.89. The largest absolute Gasteiger partial charge is 0.497 e. The molecule has 0 aliphatic carbocycles. The van der Waals surface area contributed by atoms with Gasteiger partial charge in [-0.15, -0.1) is 10.2 Å². The summed E-state index contributed by atoms with van der Waals surface area (Å²) in [4.78, 5) is 0.279. The lowest BCUT2D eigenvalue weighted by molar-refractivity contribution is 0.307. The Morgan fingerprint density at radius 3 is 2.38 bits per heavy atom. The number of aromatic nitrogens is 2. The van der Waals surface area contributed by atoms with Gasteiger partial charge >= 0.3 is 0 Å². The van der Waals surface area contributed by atoms with Crippen LogP contribution in [0.5, 0.6) is 11.6 Å². The van der Waals surface area contributed by atoms with E-state index in [4.69, 9.17) is 9.47 Å². The van der Waals surface area contributed by atoms with Gasteiger partial charge < -0.3 is 9.47 Å². The molecule has 0 amide bonds. The number of rotatable bonds is 8. The molecule has 0 atom stereocenters. The zero-order valence-corrected chi connectivity index (χ0v) is 17.4. The van der Waals surface area contributed by atoms with Crippen LogP contribution in [0.15, 0.2) is 59.5 Å². The predicted molar refractivity (Wildman–Crippen MR) is 111 cm³/mol. The average molecular weight is 413 g/mol. The van der Waals surface area contributed by atoms with Gasteiger partial charge in [-0.3, -0.25) is 0 Å². The molecule has 3 aromatic rings. The standard InChI is InChI=1S/C21H23N3O4S/c1-15-4-5-16(2)20(14-15)29(25,26)22-12-13-28-21-11-10-19(23-24-21)17-6-8-18(27-3)9-7-17/h4-11,14,22H,12-13H2,1-3H3. The van der Waals surface area contributed by atoms with Crippen molar-refractivity contribution in [3.63, 3.8) is 0 Å². The van der Waals surface area contributed by atoms with Crippen LogP contribution in [0.2, 0.25) is 0 Å². The van der Waals surface area contributed by atoms with Crippen molar-refractivity contribution in [2.45, 2.75) is 18.7 Å². The average Bonchev–Trinajstić information content (AvgIpc) is 2.73. The van der Waals surface area contributed by atoms with Crippen LogP contribution in [0.25, 0.3) is 11.3 Å². The van der Waals surface area contributed by atoms with E-state index in [0.29, 0.717) is 17.1 Å². The molecule has 1 N–H and O–H groups in total. The third-order valence-electron chi connectivity index (χ3n) is 4.30. The second kappa shape index (κ2) is 9.02. The van der Waals surface area contributed by atoms with Gasteiger partial charge in [0.05, 0.1) is 17.7 Å². The molecule has 2 aromatic carbocycles. The van der Waals surface area contributed by atoms with E-state index in [9.17, 15) is 8.42 Å². The van der Waals surface area contributed by atoms with Gasteiger partial charge in [0, 0.05) is 18.2 Å². The Kier molecular flexibility index (Phi) is 6.46. The molecule has 0 aliphatic heterocycles. The topological polar surface area (TPSA) is 90.4 Å². The lowest BCUT2D eigenvalue weighted by Crippen LogP contribution is -2.29. The van der Waals surface area contributed by atoms with Crippen LogP contribution in [-0.4, -0.2) is 38.9 Å². The summed E-state index contributed by atoms with van der Waals surface area (Å²) in [5.74, 6) is 1.10. The number of ether oxygens (including phenoxy) is 2. The van der Waals surface area contributed by atoms with E-state index in [2.05, 4.69) is 14.9 Å². The van der Waals surface area contributed by atoms with Gasteiger partial charge in [0.15, 0.2) is 0 Å². The zero-order valence-electron chi connectivity index (χ0n) is 16.5. The van der Waals surface area contributed by atoms with Crippen molar-refractivity contribution in [2.75, 3.05) is 20.3 Å². The van der Waals surface area contributed by atoms with Gasteiger partial charge in [-0.1, -0.05) is 12.1 Å². The highest BCUT2D eigenvalue weighted by atomic mass is 32.2. The molecule has 0 aliphatic rings. The maximum Gasteiger partial charge on any atom is 0.240 e. The minimum absolute atomic E-state index is 0.123. The molecule has 1 heterocycles. The summed E-state index contributed by atoms with van der Waals surface area (Å²) < 4.78 is 38.1. The smallest absolute Gasteiger partial charge is 0.240 e. The fraction of sp³-hybridized carbons (Fsp3) is 0.238. The van der Waals surface area contributed by atoms with Gasteiger partial charge in [0.25, 0.3) is 0 Å². The Morgan fingerprint density at radius 2 is 1.72 bits per heavy atom. The number of hydrogen-bond donors (Lipinski definition) is 1. The van der Waals surface area contributed by atoms with Crippen molar-refractivity contribution in [3.05, 3.63) is 65.7 Å². The quantitative estimate of drug-likeness (QED) is 0.571. The molecule has 0 radical (unpaired) electrons. The fourth-order valence-corrected chi connectivity index (χ4v) is 4.06. The van der Waals surface area contributed by atoms with E-state index >= 15 is 0 Å². The maximum absolute atomic E-state index is 12.5. The van der Waals surface area contributed by atoms with Crippen molar-refractivity contribution in [1.29, 1.82) is 0 Å². The number of aryl methyl sites for hydroxylation is 2. The molecule has 7 nitrogen and oxygen atoms in total. The second-order valence-electron chi connectivity index (χ2n) is 6.50. The summed E-state index contributed by atoms with van der Waals surface area (Å²) >= 11 is 0. The zero-order chi connectivity index (χ0) is 20.9. The third kappa shape index (κ3) is 5.30. The summed E-state index contributed by atoms with van der Waals surface area (Å²) in [6.07, 6.45) is 0. The van der Waals surface area contributed by atoms with Gasteiger partial charge in [-0.25, -0.2) is 13.1 Å². The number of nitrogens with one attached hydrogen (secondary N) is 1. The van der Waals surface area contributed by atoms with E-state index < -0.39 is 10.0 Å². The first-order valence-electron chi connectivity index (χ1n) is 9.07. The van der Waals surface area contributed by atoms with E-state index in [1.807, 2.05) is 37.3 Å². The van der Waals surface area contributed by atoms with Crippen LogP contribution in [0.1, 0.15) is 11.1 Å².